The molecule has 6 nitrogen and oxygen atoms in total. The smallest absolute Gasteiger partial charge is 0.311 e. The third-order valence-electron chi connectivity index (χ3n) is 1.47. The van der Waals surface area contributed by atoms with Gasteiger partial charge in [-0.05, 0) is 6.07 Å². The highest BCUT2D eigenvalue weighted by molar-refractivity contribution is 5.57. The number of nitrogens with one attached hydrogen (secondary N) is 1. The van der Waals surface area contributed by atoms with Crippen molar-refractivity contribution in [2.45, 2.75) is 0 Å². The molecule has 0 amide bonds. The number of nitrogens with zero attached hydrogens (tertiary/aromatic N) is 2. The summed E-state index contributed by atoms with van der Waals surface area (Å²) in [6.45, 7) is 0.296. The maximum absolute atomic E-state index is 10.4. The number of nitro groups is 1. The molecule has 14 heavy (non-hydrogen) atoms. The van der Waals surface area contributed by atoms with Gasteiger partial charge in [0.1, 0.15) is 5.82 Å². The predicted molar refractivity (Wildman–Crippen MR) is 52.6 cm³/mol. The van der Waals surface area contributed by atoms with E-state index in [1.807, 2.05) is 0 Å². The molecule has 0 fully saturated rings. The molecule has 1 rings (SSSR count). The largest absolute Gasteiger partial charge is 0.378 e. The lowest BCUT2D eigenvalue weighted by Crippen LogP contribution is -2.04. The van der Waals surface area contributed by atoms with Gasteiger partial charge in [-0.2, -0.15) is 0 Å². The van der Waals surface area contributed by atoms with E-state index in [0.29, 0.717) is 12.4 Å². The molecule has 6 heteroatoms. The maximum Gasteiger partial charge on any atom is 0.311 e. The normalized spacial score (nSPS) is 9.07. The van der Waals surface area contributed by atoms with Crippen LogP contribution in [-0.2, 0) is 0 Å². The van der Waals surface area contributed by atoms with Crippen LogP contribution in [0.5, 0.6) is 0 Å². The van der Waals surface area contributed by atoms with Crippen molar-refractivity contribution in [2.24, 2.45) is 0 Å². The van der Waals surface area contributed by atoms with Gasteiger partial charge in [0, 0.05) is 6.07 Å². The summed E-state index contributed by atoms with van der Waals surface area (Å²) in [7, 11) is 0. The van der Waals surface area contributed by atoms with E-state index < -0.39 is 4.92 Å². The van der Waals surface area contributed by atoms with Crippen LogP contribution in [0, 0.1) is 22.5 Å². The predicted octanol–water partition coefficient (Wildman–Crippen LogP) is 0.617. The Morgan fingerprint density at radius 2 is 2.43 bits per heavy atom. The van der Waals surface area contributed by atoms with Crippen LogP contribution in [0.15, 0.2) is 12.1 Å². The minimum atomic E-state index is -0.590. The maximum atomic E-state index is 10.4. The Balaban J connectivity index is 2.90. The van der Waals surface area contributed by atoms with Crippen molar-refractivity contribution in [2.75, 3.05) is 17.6 Å². The lowest BCUT2D eigenvalue weighted by Gasteiger charge is -2.02. The van der Waals surface area contributed by atoms with Gasteiger partial charge in [0.15, 0.2) is 0 Å². The van der Waals surface area contributed by atoms with Crippen LogP contribution in [0.4, 0.5) is 17.3 Å². The molecular weight excluding hydrogens is 184 g/mol. The second kappa shape index (κ2) is 4.09. The zero-order chi connectivity index (χ0) is 10.6. The number of nitrogen functional groups attached to an aromatic ring is 1. The molecule has 72 valence electrons. The number of pyridine rings is 1. The van der Waals surface area contributed by atoms with E-state index in [-0.39, 0.29) is 11.5 Å². The van der Waals surface area contributed by atoms with Crippen molar-refractivity contribution < 1.29 is 4.92 Å². The molecule has 0 spiro atoms. The van der Waals surface area contributed by atoms with Gasteiger partial charge in [0.05, 0.1) is 11.5 Å². The second-order valence-corrected chi connectivity index (χ2v) is 2.42. The van der Waals surface area contributed by atoms with Crippen LogP contribution < -0.4 is 11.1 Å². The first kappa shape index (κ1) is 9.80. The van der Waals surface area contributed by atoms with Gasteiger partial charge >= 0.3 is 5.69 Å². The molecule has 1 aromatic rings. The number of rotatable bonds is 3. The SMILES string of the molecule is C#CCNc1ccc([N+](=O)[O-])c(N)n1. The Morgan fingerprint density at radius 1 is 1.71 bits per heavy atom. The Labute approximate surface area is 80.3 Å². The zero-order valence-electron chi connectivity index (χ0n) is 7.23. The van der Waals surface area contributed by atoms with E-state index in [1.54, 1.807) is 0 Å². The molecule has 0 bridgehead atoms. The number of hydrogen-bond acceptors (Lipinski definition) is 5. The Hall–Kier alpha value is -2.29. The Morgan fingerprint density at radius 3 is 2.93 bits per heavy atom. The van der Waals surface area contributed by atoms with Gasteiger partial charge in [-0.3, -0.25) is 10.1 Å². The molecule has 0 atom stereocenters. The minimum Gasteiger partial charge on any atom is -0.378 e. The average Bonchev–Trinajstić information content (AvgIpc) is 2.14. The van der Waals surface area contributed by atoms with Crippen molar-refractivity contribution in [1.29, 1.82) is 0 Å². The average molecular weight is 192 g/mol. The molecule has 3 N–H and O–H groups in total. The number of nitrogens with two attached hydrogens (primary N) is 1. The monoisotopic (exact) mass is 192 g/mol. The van der Waals surface area contributed by atoms with Gasteiger partial charge in [0.2, 0.25) is 5.82 Å². The second-order valence-electron chi connectivity index (χ2n) is 2.42. The number of terminal acetylenes is 1. The quantitative estimate of drug-likeness (QED) is 0.416. The first-order chi connectivity index (χ1) is 6.65. The molecule has 0 radical (unpaired) electrons. The number of hydrogen-bond donors (Lipinski definition) is 2. The molecule has 0 aliphatic rings. The van der Waals surface area contributed by atoms with Crippen molar-refractivity contribution in [3.05, 3.63) is 22.2 Å². The van der Waals surface area contributed by atoms with E-state index >= 15 is 0 Å². The third-order valence-corrected chi connectivity index (χ3v) is 1.47. The summed E-state index contributed by atoms with van der Waals surface area (Å²) in [5.74, 6) is 2.64. The molecule has 0 aliphatic heterocycles. The van der Waals surface area contributed by atoms with Crippen LogP contribution >= 0.6 is 0 Å². The fraction of sp³-hybridized carbons (Fsp3) is 0.125. The van der Waals surface area contributed by atoms with Gasteiger partial charge in [-0.1, -0.05) is 5.92 Å². The molecular formula is C8H8N4O2. The Bertz CT molecular complexity index is 397. The molecule has 0 unspecified atom stereocenters. The summed E-state index contributed by atoms with van der Waals surface area (Å²) in [5, 5.41) is 13.1. The molecule has 0 aromatic carbocycles. The highest BCUT2D eigenvalue weighted by Gasteiger charge is 2.12. The fourth-order valence-corrected chi connectivity index (χ4v) is 0.862. The van der Waals surface area contributed by atoms with Crippen LogP contribution in [0.3, 0.4) is 0 Å². The fourth-order valence-electron chi connectivity index (χ4n) is 0.862. The van der Waals surface area contributed by atoms with Gasteiger partial charge in [-0.15, -0.1) is 6.42 Å². The van der Waals surface area contributed by atoms with Gasteiger partial charge in [-0.25, -0.2) is 4.98 Å². The molecule has 0 aliphatic carbocycles. The van der Waals surface area contributed by atoms with E-state index in [0.717, 1.165) is 0 Å². The Kier molecular flexibility index (Phi) is 2.86. The van der Waals surface area contributed by atoms with Crippen LogP contribution in [0.25, 0.3) is 0 Å². The standard InChI is InChI=1S/C8H8N4O2/c1-2-5-10-7-4-3-6(12(13)14)8(9)11-7/h1,3-4H,5H2,(H3,9,10,11). The summed E-state index contributed by atoms with van der Waals surface area (Å²) >= 11 is 0. The number of aromatic nitrogens is 1. The molecule has 0 saturated heterocycles. The van der Waals surface area contributed by atoms with Crippen molar-refractivity contribution in [3.8, 4) is 12.3 Å². The summed E-state index contributed by atoms with van der Waals surface area (Å²) in [5.41, 5.74) is 5.14. The lowest BCUT2D eigenvalue weighted by atomic mass is 10.4. The zero-order valence-corrected chi connectivity index (χ0v) is 7.23. The van der Waals surface area contributed by atoms with Crippen LogP contribution in [0.1, 0.15) is 0 Å². The summed E-state index contributed by atoms with van der Waals surface area (Å²) in [6.07, 6.45) is 5.01. The molecule has 1 aromatic heterocycles. The van der Waals surface area contributed by atoms with Gasteiger partial charge < -0.3 is 11.1 Å². The topological polar surface area (TPSA) is 94.1 Å². The van der Waals surface area contributed by atoms with Crippen LogP contribution in [-0.4, -0.2) is 16.5 Å². The third kappa shape index (κ3) is 2.10. The minimum absolute atomic E-state index is 0.128. The lowest BCUT2D eigenvalue weighted by molar-refractivity contribution is -0.384. The van der Waals surface area contributed by atoms with Crippen molar-refractivity contribution in [3.63, 3.8) is 0 Å². The first-order valence-electron chi connectivity index (χ1n) is 3.73. The molecule has 0 saturated carbocycles. The van der Waals surface area contributed by atoms with Crippen molar-refractivity contribution >= 4 is 17.3 Å². The summed E-state index contributed by atoms with van der Waals surface area (Å²) < 4.78 is 0. The number of anilines is 2. The summed E-state index contributed by atoms with van der Waals surface area (Å²) in [4.78, 5) is 13.6. The highest BCUT2D eigenvalue weighted by Crippen LogP contribution is 2.20. The van der Waals surface area contributed by atoms with E-state index in [9.17, 15) is 10.1 Å². The van der Waals surface area contributed by atoms with E-state index in [4.69, 9.17) is 12.2 Å². The first-order valence-corrected chi connectivity index (χ1v) is 3.73. The van der Waals surface area contributed by atoms with E-state index in [2.05, 4.69) is 16.2 Å². The summed E-state index contributed by atoms with van der Waals surface area (Å²) in [6, 6.07) is 2.73. The van der Waals surface area contributed by atoms with E-state index in [1.165, 1.54) is 12.1 Å². The van der Waals surface area contributed by atoms with Crippen LogP contribution in [0.2, 0.25) is 0 Å². The van der Waals surface area contributed by atoms with Crippen molar-refractivity contribution in [1.82, 2.24) is 4.98 Å². The molecule has 1 heterocycles. The van der Waals surface area contributed by atoms with Gasteiger partial charge in [0.25, 0.3) is 0 Å². The highest BCUT2D eigenvalue weighted by atomic mass is 16.6.